The van der Waals surface area contributed by atoms with E-state index in [0.717, 1.165) is 33.4 Å². The van der Waals surface area contributed by atoms with Crippen LogP contribution in [0.4, 0.5) is 0 Å². The Labute approximate surface area is 328 Å². The molecular formula is C48H40N8. The standard InChI is InChI=1S/C48H40N8/c1-47(2,3)33-21-17-31(18-22-33)43-45(55-37(27-51)35(25-49)53-43)41-39(29-13-9-7-10-14-29)42(40(41)30-15-11-8-12-16-30)46-44(54-36(26-50)38(28-52)56-46)32-19-23-34(24-20-32)48(4,5)6/h7-24,39-42H,1-6H3. The van der Waals surface area contributed by atoms with Gasteiger partial charge in [-0.25, -0.2) is 19.9 Å². The molecule has 0 radical (unpaired) electrons. The average Bonchev–Trinajstić information content (AvgIpc) is 3.20. The minimum absolute atomic E-state index is 0.0350. The fourth-order valence-electron chi connectivity index (χ4n) is 7.96. The Morgan fingerprint density at radius 1 is 0.393 bits per heavy atom. The molecule has 0 unspecified atom stereocenters. The second kappa shape index (κ2) is 14.7. The van der Waals surface area contributed by atoms with E-state index in [1.54, 1.807) is 0 Å². The van der Waals surface area contributed by atoms with Crippen molar-refractivity contribution in [1.29, 1.82) is 21.0 Å². The third kappa shape index (κ3) is 6.79. The number of nitriles is 4. The van der Waals surface area contributed by atoms with Crippen molar-refractivity contribution >= 4 is 0 Å². The van der Waals surface area contributed by atoms with Gasteiger partial charge in [-0.2, -0.15) is 21.0 Å². The molecule has 0 amide bonds. The summed E-state index contributed by atoms with van der Waals surface area (Å²) in [4.78, 5) is 19.8. The number of rotatable bonds is 6. The van der Waals surface area contributed by atoms with Crippen molar-refractivity contribution in [2.24, 2.45) is 0 Å². The highest BCUT2D eigenvalue weighted by Gasteiger charge is 2.56. The molecule has 2 heterocycles. The molecule has 4 aromatic carbocycles. The van der Waals surface area contributed by atoms with Crippen molar-refractivity contribution in [2.75, 3.05) is 0 Å². The molecule has 1 saturated carbocycles. The van der Waals surface area contributed by atoms with Crippen LogP contribution in [0.1, 0.15) is 122 Å². The van der Waals surface area contributed by atoms with Gasteiger partial charge in [0.15, 0.2) is 22.8 Å². The van der Waals surface area contributed by atoms with Crippen LogP contribution in [0.15, 0.2) is 109 Å². The van der Waals surface area contributed by atoms with E-state index in [0.29, 0.717) is 22.8 Å². The van der Waals surface area contributed by atoms with E-state index in [1.165, 1.54) is 0 Å². The molecule has 1 aliphatic rings. The van der Waals surface area contributed by atoms with Crippen LogP contribution < -0.4 is 0 Å². The fraction of sp³-hybridized carbons (Fsp3) is 0.250. The van der Waals surface area contributed by atoms with Gasteiger partial charge >= 0.3 is 0 Å². The van der Waals surface area contributed by atoms with Crippen LogP contribution in [0.5, 0.6) is 0 Å². The van der Waals surface area contributed by atoms with Crippen molar-refractivity contribution in [3.8, 4) is 46.8 Å². The predicted molar refractivity (Wildman–Crippen MR) is 215 cm³/mol. The normalized spacial score (nSPS) is 17.8. The van der Waals surface area contributed by atoms with Crippen LogP contribution in [-0.2, 0) is 10.8 Å². The van der Waals surface area contributed by atoms with Gasteiger partial charge in [0.25, 0.3) is 0 Å². The van der Waals surface area contributed by atoms with Crippen molar-refractivity contribution in [2.45, 2.75) is 76.0 Å². The first-order valence-corrected chi connectivity index (χ1v) is 18.6. The van der Waals surface area contributed by atoms with Gasteiger partial charge in [0.2, 0.25) is 0 Å². The van der Waals surface area contributed by atoms with E-state index in [4.69, 9.17) is 19.9 Å². The molecule has 272 valence electrons. The van der Waals surface area contributed by atoms with Crippen molar-refractivity contribution in [3.63, 3.8) is 0 Å². The van der Waals surface area contributed by atoms with Gasteiger partial charge in [-0.15, -0.1) is 0 Å². The van der Waals surface area contributed by atoms with Gasteiger partial charge in [-0.1, -0.05) is 151 Å². The van der Waals surface area contributed by atoms with Crippen molar-refractivity contribution in [3.05, 3.63) is 166 Å². The Balaban J connectivity index is 1.53. The lowest BCUT2D eigenvalue weighted by molar-refractivity contribution is 0.220. The zero-order chi connectivity index (χ0) is 39.8. The topological polar surface area (TPSA) is 147 Å². The molecule has 8 nitrogen and oxygen atoms in total. The minimum Gasteiger partial charge on any atom is -0.237 e. The summed E-state index contributed by atoms with van der Waals surface area (Å²) in [6, 6.07) is 45.0. The van der Waals surface area contributed by atoms with Gasteiger partial charge in [-0.05, 0) is 33.1 Å². The Kier molecular flexibility index (Phi) is 9.78. The lowest BCUT2D eigenvalue weighted by Gasteiger charge is -2.53. The molecule has 1 fully saturated rings. The first-order chi connectivity index (χ1) is 26.9. The molecule has 6 aromatic rings. The van der Waals surface area contributed by atoms with Gasteiger partial charge in [-0.3, -0.25) is 0 Å². The number of nitrogens with zero attached hydrogens (tertiary/aromatic N) is 8. The highest BCUT2D eigenvalue weighted by atomic mass is 14.9. The second-order valence-electron chi connectivity index (χ2n) is 16.3. The third-order valence-electron chi connectivity index (χ3n) is 10.9. The molecule has 2 aromatic heterocycles. The van der Waals surface area contributed by atoms with E-state index in [1.807, 2.05) is 60.7 Å². The molecule has 0 aliphatic heterocycles. The number of benzene rings is 4. The maximum absolute atomic E-state index is 10.3. The Morgan fingerprint density at radius 3 is 0.982 bits per heavy atom. The Morgan fingerprint density at radius 2 is 0.696 bits per heavy atom. The molecular weight excluding hydrogens is 689 g/mol. The summed E-state index contributed by atoms with van der Waals surface area (Å²) < 4.78 is 0. The highest BCUT2D eigenvalue weighted by molar-refractivity contribution is 5.69. The zero-order valence-corrected chi connectivity index (χ0v) is 32.3. The minimum atomic E-state index is -0.353. The molecule has 8 heteroatoms. The Bertz CT molecular complexity index is 2400. The second-order valence-corrected chi connectivity index (χ2v) is 16.3. The third-order valence-corrected chi connectivity index (χ3v) is 10.9. The smallest absolute Gasteiger partial charge is 0.177 e. The average molecular weight is 729 g/mol. The monoisotopic (exact) mass is 728 g/mol. The van der Waals surface area contributed by atoms with E-state index in [9.17, 15) is 21.0 Å². The van der Waals surface area contributed by atoms with Gasteiger partial charge in [0, 0.05) is 34.8 Å². The SMILES string of the molecule is CC(C)(C)c1ccc(-c2nc(C#N)c(C#N)nc2C2C(c3ccccc3)C(c3nc(C#N)c(C#N)nc3-c3ccc(C(C)(C)C)cc3)C2c2ccccc2)cc1. The van der Waals surface area contributed by atoms with Crippen LogP contribution in [0, 0.1) is 45.3 Å². The summed E-state index contributed by atoms with van der Waals surface area (Å²) in [7, 11) is 0. The van der Waals surface area contributed by atoms with E-state index in [2.05, 4.69) is 114 Å². The van der Waals surface area contributed by atoms with E-state index < -0.39 is 0 Å². The summed E-state index contributed by atoms with van der Waals surface area (Å²) in [5.74, 6) is -1.28. The molecule has 0 bridgehead atoms. The van der Waals surface area contributed by atoms with Crippen LogP contribution in [0.3, 0.4) is 0 Å². The van der Waals surface area contributed by atoms with Crippen LogP contribution in [-0.4, -0.2) is 19.9 Å². The first kappa shape index (κ1) is 37.3. The molecule has 1 aliphatic carbocycles. The molecule has 0 N–H and O–H groups in total. The maximum atomic E-state index is 10.3. The van der Waals surface area contributed by atoms with E-state index >= 15 is 0 Å². The lowest BCUT2D eigenvalue weighted by atomic mass is 9.50. The number of hydrogen-bond acceptors (Lipinski definition) is 8. The molecule has 56 heavy (non-hydrogen) atoms. The van der Waals surface area contributed by atoms with Crippen molar-refractivity contribution < 1.29 is 0 Å². The summed E-state index contributed by atoms with van der Waals surface area (Å²) >= 11 is 0. The van der Waals surface area contributed by atoms with Crippen LogP contribution in [0.2, 0.25) is 0 Å². The summed E-state index contributed by atoms with van der Waals surface area (Å²) in [5, 5.41) is 40.9. The fourth-order valence-corrected chi connectivity index (χ4v) is 7.96. The van der Waals surface area contributed by atoms with Crippen LogP contribution in [0.25, 0.3) is 22.5 Å². The van der Waals surface area contributed by atoms with Crippen molar-refractivity contribution in [1.82, 2.24) is 19.9 Å². The van der Waals surface area contributed by atoms with Gasteiger partial charge in [0.1, 0.15) is 24.3 Å². The largest absolute Gasteiger partial charge is 0.237 e. The molecule has 0 atom stereocenters. The Hall–Kier alpha value is -7.00. The first-order valence-electron chi connectivity index (χ1n) is 18.6. The maximum Gasteiger partial charge on any atom is 0.177 e. The quantitative estimate of drug-likeness (QED) is 0.165. The summed E-state index contributed by atoms with van der Waals surface area (Å²) in [6.45, 7) is 12.9. The molecule has 0 saturated heterocycles. The predicted octanol–water partition coefficient (Wildman–Crippen LogP) is 10.1. The van der Waals surface area contributed by atoms with Crippen LogP contribution >= 0.6 is 0 Å². The lowest BCUT2D eigenvalue weighted by Crippen LogP contribution is -2.42. The summed E-state index contributed by atoms with van der Waals surface area (Å²) in [6.07, 6.45) is 0. The molecule has 7 rings (SSSR count). The van der Waals surface area contributed by atoms with E-state index in [-0.39, 0.29) is 57.3 Å². The zero-order valence-electron chi connectivity index (χ0n) is 32.3. The number of aromatic nitrogens is 4. The highest BCUT2D eigenvalue weighted by Crippen LogP contribution is 2.67. The number of hydrogen-bond donors (Lipinski definition) is 0. The summed E-state index contributed by atoms with van der Waals surface area (Å²) in [5.41, 5.74) is 7.84. The van der Waals surface area contributed by atoms with Gasteiger partial charge in [0.05, 0.1) is 22.8 Å². The molecule has 0 spiro atoms. The van der Waals surface area contributed by atoms with Gasteiger partial charge < -0.3 is 0 Å².